The summed E-state index contributed by atoms with van der Waals surface area (Å²) >= 11 is 0. The topological polar surface area (TPSA) is 101 Å². The highest BCUT2D eigenvalue weighted by molar-refractivity contribution is 5.55. The first-order valence-electron chi connectivity index (χ1n) is 7.66. The first-order valence-corrected chi connectivity index (χ1v) is 7.66. The van der Waals surface area contributed by atoms with Crippen molar-refractivity contribution in [3.05, 3.63) is 74.8 Å². The van der Waals surface area contributed by atoms with E-state index < -0.39 is 17.3 Å². The normalized spacial score (nSPS) is 16.2. The van der Waals surface area contributed by atoms with Crippen LogP contribution >= 0.6 is 0 Å². The number of nitrogens with zero attached hydrogens (tertiary/aromatic N) is 2. The van der Waals surface area contributed by atoms with E-state index in [-0.39, 0.29) is 41.5 Å². The predicted molar refractivity (Wildman–Crippen MR) is 88.2 cm³/mol. The molecule has 128 valence electrons. The minimum Gasteiger partial charge on any atom is -0.440 e. The van der Waals surface area contributed by atoms with Crippen LogP contribution in [0.3, 0.4) is 0 Å². The Balaban J connectivity index is 2.35. The number of allylic oxidation sites excluding steroid dienone is 1. The maximum atomic E-state index is 14.4. The average molecular weight is 341 g/mol. The van der Waals surface area contributed by atoms with Crippen molar-refractivity contribution >= 4 is 0 Å². The van der Waals surface area contributed by atoms with Crippen LogP contribution in [0.15, 0.2) is 46.6 Å². The highest BCUT2D eigenvalue weighted by Gasteiger charge is 2.35. The zero-order chi connectivity index (χ0) is 18.1. The van der Waals surface area contributed by atoms with Gasteiger partial charge in [0.2, 0.25) is 5.88 Å². The zero-order valence-electron chi connectivity index (χ0n) is 13.5. The van der Waals surface area contributed by atoms with Crippen molar-refractivity contribution in [2.75, 3.05) is 6.61 Å². The van der Waals surface area contributed by atoms with Gasteiger partial charge in [0.25, 0.3) is 5.56 Å². The number of nitrogens with two attached hydrogens (primary N) is 1. The zero-order valence-corrected chi connectivity index (χ0v) is 13.5. The Kier molecular flexibility index (Phi) is 4.30. The summed E-state index contributed by atoms with van der Waals surface area (Å²) in [4.78, 5) is 13.0. The van der Waals surface area contributed by atoms with Crippen LogP contribution in [0.2, 0.25) is 0 Å². The Hall–Kier alpha value is -3.11. The number of pyridine rings is 1. The van der Waals surface area contributed by atoms with Gasteiger partial charge < -0.3 is 20.1 Å². The lowest BCUT2D eigenvalue weighted by Gasteiger charge is -2.27. The minimum atomic E-state index is -0.965. The van der Waals surface area contributed by atoms with E-state index in [2.05, 4.69) is 0 Å². The molecule has 2 aromatic rings. The Morgan fingerprint density at radius 2 is 2.16 bits per heavy atom. The van der Waals surface area contributed by atoms with Crippen molar-refractivity contribution in [3.8, 4) is 11.8 Å². The number of rotatable bonds is 3. The van der Waals surface area contributed by atoms with Crippen molar-refractivity contribution in [1.29, 1.82) is 5.26 Å². The van der Waals surface area contributed by atoms with Gasteiger partial charge in [-0.05, 0) is 13.0 Å². The van der Waals surface area contributed by atoms with Gasteiger partial charge >= 0.3 is 0 Å². The number of aromatic nitrogens is 1. The molecule has 1 atom stereocenters. The average Bonchev–Trinajstić information content (AvgIpc) is 2.58. The molecule has 0 bridgehead atoms. The molecule has 1 aromatic heterocycles. The maximum absolute atomic E-state index is 14.4. The van der Waals surface area contributed by atoms with Gasteiger partial charge in [0, 0.05) is 23.9 Å². The third-order valence-electron chi connectivity index (χ3n) is 4.23. The van der Waals surface area contributed by atoms with Crippen molar-refractivity contribution in [3.63, 3.8) is 0 Å². The van der Waals surface area contributed by atoms with E-state index in [0.29, 0.717) is 5.69 Å². The number of ether oxygens (including phenoxy) is 1. The molecule has 7 heteroatoms. The quantitative estimate of drug-likeness (QED) is 0.881. The van der Waals surface area contributed by atoms with Crippen LogP contribution in [-0.4, -0.2) is 16.3 Å². The maximum Gasteiger partial charge on any atom is 0.258 e. The lowest BCUT2D eigenvalue weighted by atomic mass is 9.83. The van der Waals surface area contributed by atoms with E-state index in [1.165, 1.54) is 22.8 Å². The first-order chi connectivity index (χ1) is 12.0. The second-order valence-electron chi connectivity index (χ2n) is 5.69. The molecule has 2 heterocycles. The number of aliphatic hydroxyl groups excluding tert-OH is 1. The van der Waals surface area contributed by atoms with Gasteiger partial charge in [0.05, 0.1) is 18.1 Å². The van der Waals surface area contributed by atoms with E-state index in [9.17, 15) is 19.6 Å². The van der Waals surface area contributed by atoms with Gasteiger partial charge in [-0.15, -0.1) is 0 Å². The Bertz CT molecular complexity index is 973. The Morgan fingerprint density at radius 1 is 1.44 bits per heavy atom. The van der Waals surface area contributed by atoms with E-state index in [0.717, 1.165) is 0 Å². The molecule has 0 unspecified atom stereocenters. The van der Waals surface area contributed by atoms with Crippen LogP contribution in [0.5, 0.6) is 5.75 Å². The lowest BCUT2D eigenvalue weighted by molar-refractivity contribution is 0.272. The van der Waals surface area contributed by atoms with Crippen LogP contribution in [0, 0.1) is 24.1 Å². The van der Waals surface area contributed by atoms with Gasteiger partial charge in [-0.1, -0.05) is 18.2 Å². The van der Waals surface area contributed by atoms with Crippen molar-refractivity contribution < 1.29 is 14.2 Å². The molecule has 0 spiro atoms. The molecule has 0 aliphatic carbocycles. The molecule has 25 heavy (non-hydrogen) atoms. The third kappa shape index (κ3) is 2.66. The van der Waals surface area contributed by atoms with Crippen LogP contribution in [-0.2, 0) is 6.54 Å². The summed E-state index contributed by atoms with van der Waals surface area (Å²) in [6.07, 6.45) is 0. The Labute approximate surface area is 143 Å². The van der Waals surface area contributed by atoms with Crippen LogP contribution in [0.4, 0.5) is 4.39 Å². The molecular formula is C18H16FN3O3. The number of fused-ring (bicyclic) bond motifs is 1. The van der Waals surface area contributed by atoms with E-state index >= 15 is 0 Å². The molecule has 1 aliphatic rings. The fourth-order valence-corrected chi connectivity index (χ4v) is 3.08. The molecular weight excluding hydrogens is 325 g/mol. The minimum absolute atomic E-state index is 0.0194. The number of aliphatic hydroxyl groups is 1. The Morgan fingerprint density at radius 3 is 2.80 bits per heavy atom. The summed E-state index contributed by atoms with van der Waals surface area (Å²) in [5.41, 5.74) is 6.25. The summed E-state index contributed by atoms with van der Waals surface area (Å²) in [6, 6.07) is 9.45. The van der Waals surface area contributed by atoms with E-state index in [1.54, 1.807) is 19.1 Å². The smallest absolute Gasteiger partial charge is 0.258 e. The number of hydrogen-bond donors (Lipinski definition) is 2. The highest BCUT2D eigenvalue weighted by Crippen LogP contribution is 2.41. The molecule has 6 nitrogen and oxygen atoms in total. The number of nitriles is 1. The molecule has 3 N–H and O–H groups in total. The summed E-state index contributed by atoms with van der Waals surface area (Å²) < 4.78 is 21.2. The SMILES string of the molecule is Cc1cc2c(c(=O)n1CCO)[C@H](c1ccccc1F)C(C#N)=C(N)O2. The van der Waals surface area contributed by atoms with Crippen LogP contribution in [0.1, 0.15) is 22.7 Å². The number of benzene rings is 1. The van der Waals surface area contributed by atoms with Crippen LogP contribution in [0.25, 0.3) is 0 Å². The summed E-state index contributed by atoms with van der Waals surface area (Å²) in [7, 11) is 0. The van der Waals surface area contributed by atoms with Gasteiger partial charge in [0.15, 0.2) is 0 Å². The van der Waals surface area contributed by atoms with Gasteiger partial charge in [0.1, 0.15) is 23.2 Å². The summed E-state index contributed by atoms with van der Waals surface area (Å²) in [5.74, 6) is -1.47. The molecule has 3 rings (SSSR count). The largest absolute Gasteiger partial charge is 0.440 e. The lowest BCUT2D eigenvalue weighted by Crippen LogP contribution is -2.33. The van der Waals surface area contributed by atoms with Crippen molar-refractivity contribution in [1.82, 2.24) is 4.57 Å². The second kappa shape index (κ2) is 6.42. The third-order valence-corrected chi connectivity index (χ3v) is 4.23. The van der Waals surface area contributed by atoms with E-state index in [4.69, 9.17) is 10.5 Å². The number of hydrogen-bond acceptors (Lipinski definition) is 5. The molecule has 0 saturated heterocycles. The molecule has 1 aromatic carbocycles. The molecule has 0 amide bonds. The van der Waals surface area contributed by atoms with Gasteiger partial charge in [-0.25, -0.2) is 4.39 Å². The highest BCUT2D eigenvalue weighted by atomic mass is 19.1. The second-order valence-corrected chi connectivity index (χ2v) is 5.69. The molecule has 0 fully saturated rings. The fraction of sp³-hybridized carbons (Fsp3) is 0.222. The summed E-state index contributed by atoms with van der Waals surface area (Å²) in [6.45, 7) is 1.55. The van der Waals surface area contributed by atoms with Crippen LogP contribution < -0.4 is 16.0 Å². The standard InChI is InChI=1S/C18H16FN3O3/c1-10-8-14-16(18(24)22(10)6-7-23)15(12(9-20)17(21)25-14)11-4-2-3-5-13(11)19/h2-5,8,15,23H,6-7,21H2,1H3/t15-/m1/s1. The fourth-order valence-electron chi connectivity index (χ4n) is 3.08. The summed E-state index contributed by atoms with van der Waals surface area (Å²) in [5, 5.41) is 18.7. The van der Waals surface area contributed by atoms with E-state index in [1.807, 2.05) is 6.07 Å². The number of halogens is 1. The monoisotopic (exact) mass is 341 g/mol. The van der Waals surface area contributed by atoms with Crippen molar-refractivity contribution in [2.45, 2.75) is 19.4 Å². The van der Waals surface area contributed by atoms with Gasteiger partial charge in [-0.2, -0.15) is 5.26 Å². The number of aryl methyl sites for hydroxylation is 1. The van der Waals surface area contributed by atoms with Crippen molar-refractivity contribution in [2.24, 2.45) is 5.73 Å². The first kappa shape index (κ1) is 16.7. The molecule has 0 saturated carbocycles. The molecule has 1 aliphatic heterocycles. The van der Waals surface area contributed by atoms with Gasteiger partial charge in [-0.3, -0.25) is 4.79 Å². The molecule has 0 radical (unpaired) electrons. The predicted octanol–water partition coefficient (Wildman–Crippen LogP) is 1.51.